The Hall–Kier alpha value is -1.28. The summed E-state index contributed by atoms with van der Waals surface area (Å²) in [4.78, 5) is 25.0. The van der Waals surface area contributed by atoms with Crippen LogP contribution in [0.5, 0.6) is 0 Å². The Kier molecular flexibility index (Phi) is 26.3. The predicted molar refractivity (Wildman–Crippen MR) is 178 cm³/mol. The number of aliphatic hydroxyl groups is 1. The Morgan fingerprint density at radius 1 is 0.791 bits per heavy atom. The highest BCUT2D eigenvalue weighted by molar-refractivity contribution is 7.45. The van der Waals surface area contributed by atoms with Crippen LogP contribution in [0.15, 0.2) is 36.5 Å². The monoisotopic (exact) mass is 628 g/mol. The first-order valence-corrected chi connectivity index (χ1v) is 18.3. The third-order valence-electron chi connectivity index (χ3n) is 7.07. The highest BCUT2D eigenvalue weighted by atomic mass is 31.2. The number of quaternary nitrogens is 1. The lowest BCUT2D eigenvalue weighted by atomic mass is 10.1. The number of likely N-dealkylation sites (N-methyl/N-ethyl adjacent to an activating group) is 1. The summed E-state index contributed by atoms with van der Waals surface area (Å²) in [6.45, 7) is 4.49. The van der Waals surface area contributed by atoms with Crippen LogP contribution in [0.2, 0.25) is 0 Å². The molecule has 0 saturated heterocycles. The summed E-state index contributed by atoms with van der Waals surface area (Å²) in [5, 5.41) is 13.6. The van der Waals surface area contributed by atoms with Gasteiger partial charge < -0.3 is 28.8 Å². The van der Waals surface area contributed by atoms with Crippen LogP contribution in [0.3, 0.4) is 0 Å². The van der Waals surface area contributed by atoms with Gasteiger partial charge in [0.25, 0.3) is 7.82 Å². The number of allylic oxidation sites excluding steroid dienone is 5. The van der Waals surface area contributed by atoms with Gasteiger partial charge in [-0.25, -0.2) is 0 Å². The van der Waals surface area contributed by atoms with E-state index < -0.39 is 26.6 Å². The molecule has 0 rings (SSSR count). The Morgan fingerprint density at radius 2 is 1.30 bits per heavy atom. The summed E-state index contributed by atoms with van der Waals surface area (Å²) in [5.74, 6) is -0.224. The summed E-state index contributed by atoms with van der Waals surface area (Å²) >= 11 is 0. The van der Waals surface area contributed by atoms with Crippen molar-refractivity contribution in [3.05, 3.63) is 36.5 Å². The third kappa shape index (κ3) is 29.2. The van der Waals surface area contributed by atoms with Crippen molar-refractivity contribution in [1.82, 2.24) is 5.32 Å². The van der Waals surface area contributed by atoms with Gasteiger partial charge in [-0.05, 0) is 57.8 Å². The number of nitrogens with zero attached hydrogens (tertiary/aromatic N) is 1. The topological polar surface area (TPSA) is 108 Å². The highest BCUT2D eigenvalue weighted by Gasteiger charge is 2.23. The normalized spacial score (nSPS) is 15.4. The molecule has 0 saturated carbocycles. The van der Waals surface area contributed by atoms with Crippen molar-refractivity contribution in [2.75, 3.05) is 40.9 Å². The smallest absolute Gasteiger partial charge is 0.268 e. The van der Waals surface area contributed by atoms with E-state index in [1.807, 2.05) is 27.2 Å². The van der Waals surface area contributed by atoms with Crippen molar-refractivity contribution in [1.29, 1.82) is 0 Å². The van der Waals surface area contributed by atoms with Crippen LogP contribution in [0, 0.1) is 0 Å². The van der Waals surface area contributed by atoms with Crippen LogP contribution in [-0.2, 0) is 18.4 Å². The predicted octanol–water partition coefficient (Wildman–Crippen LogP) is 7.38. The van der Waals surface area contributed by atoms with Crippen LogP contribution in [0.25, 0.3) is 0 Å². The molecule has 1 amide bonds. The van der Waals surface area contributed by atoms with Gasteiger partial charge in [0.15, 0.2) is 0 Å². The van der Waals surface area contributed by atoms with Crippen LogP contribution in [0.4, 0.5) is 0 Å². The Labute approximate surface area is 264 Å². The summed E-state index contributed by atoms with van der Waals surface area (Å²) in [5.41, 5.74) is 0. The Bertz CT molecular complexity index is 809. The summed E-state index contributed by atoms with van der Waals surface area (Å²) in [7, 11) is 1.23. The summed E-state index contributed by atoms with van der Waals surface area (Å²) in [6, 6.07) is -0.901. The molecule has 43 heavy (non-hydrogen) atoms. The molecule has 0 heterocycles. The second-order valence-corrected chi connectivity index (χ2v) is 13.9. The molecular formula is C34H65N2O6P. The molecule has 0 spiro atoms. The number of carbonyl (C=O) groups is 1. The van der Waals surface area contributed by atoms with E-state index in [2.05, 4.69) is 43.5 Å². The number of phosphoric acid groups is 1. The molecule has 3 atom stereocenters. The van der Waals surface area contributed by atoms with Crippen molar-refractivity contribution < 1.29 is 32.9 Å². The van der Waals surface area contributed by atoms with Crippen LogP contribution in [0.1, 0.15) is 123 Å². The SMILES string of the molecule is CCCCC/C=C\CCCCCCCC(=O)NC(COP(=O)([O-])OCC[N+](C)(C)C)C(O)/C=C/CC/C=C/CCCCC. The van der Waals surface area contributed by atoms with E-state index in [1.165, 1.54) is 44.9 Å². The highest BCUT2D eigenvalue weighted by Crippen LogP contribution is 2.38. The number of amides is 1. The Morgan fingerprint density at radius 3 is 1.88 bits per heavy atom. The number of unbranched alkanes of at least 4 members (excludes halogenated alkanes) is 12. The zero-order valence-electron chi connectivity index (χ0n) is 28.1. The lowest BCUT2D eigenvalue weighted by Crippen LogP contribution is -2.45. The first-order valence-electron chi connectivity index (χ1n) is 16.9. The molecule has 8 nitrogen and oxygen atoms in total. The van der Waals surface area contributed by atoms with E-state index in [4.69, 9.17) is 9.05 Å². The molecule has 0 aliphatic rings. The van der Waals surface area contributed by atoms with E-state index in [0.717, 1.165) is 57.8 Å². The van der Waals surface area contributed by atoms with Gasteiger partial charge in [-0.1, -0.05) is 95.2 Å². The van der Waals surface area contributed by atoms with Crippen molar-refractivity contribution in [3.63, 3.8) is 0 Å². The van der Waals surface area contributed by atoms with Gasteiger partial charge in [-0.3, -0.25) is 9.36 Å². The lowest BCUT2D eigenvalue weighted by molar-refractivity contribution is -0.870. The van der Waals surface area contributed by atoms with Gasteiger partial charge >= 0.3 is 0 Å². The largest absolute Gasteiger partial charge is 0.756 e. The molecule has 0 radical (unpaired) electrons. The van der Waals surface area contributed by atoms with Gasteiger partial charge in [-0.15, -0.1) is 0 Å². The van der Waals surface area contributed by atoms with E-state index in [-0.39, 0.29) is 12.5 Å². The van der Waals surface area contributed by atoms with Crippen LogP contribution >= 0.6 is 7.82 Å². The van der Waals surface area contributed by atoms with Crippen molar-refractivity contribution in [2.24, 2.45) is 0 Å². The molecule has 0 aromatic heterocycles. The molecule has 0 fully saturated rings. The molecule has 0 aliphatic heterocycles. The number of aliphatic hydroxyl groups excluding tert-OH is 1. The zero-order chi connectivity index (χ0) is 32.2. The fourth-order valence-electron chi connectivity index (χ4n) is 4.28. The minimum absolute atomic E-state index is 0.00896. The zero-order valence-corrected chi connectivity index (χ0v) is 29.0. The van der Waals surface area contributed by atoms with Crippen LogP contribution < -0.4 is 10.2 Å². The second-order valence-electron chi connectivity index (χ2n) is 12.5. The van der Waals surface area contributed by atoms with E-state index >= 15 is 0 Å². The maximum atomic E-state index is 12.7. The van der Waals surface area contributed by atoms with Gasteiger partial charge in [-0.2, -0.15) is 0 Å². The minimum Gasteiger partial charge on any atom is -0.756 e. The first-order chi connectivity index (χ1) is 20.5. The second kappa shape index (κ2) is 27.1. The van der Waals surface area contributed by atoms with E-state index in [9.17, 15) is 19.4 Å². The molecule has 252 valence electrons. The molecule has 0 aromatic rings. The van der Waals surface area contributed by atoms with Gasteiger partial charge in [0.2, 0.25) is 5.91 Å². The molecule has 2 N–H and O–H groups in total. The number of hydrogen-bond acceptors (Lipinski definition) is 6. The van der Waals surface area contributed by atoms with Crippen molar-refractivity contribution in [2.45, 2.75) is 135 Å². The average Bonchev–Trinajstić information content (AvgIpc) is 2.94. The standard InChI is InChI=1S/C34H65N2O6P/c1-6-8-10-12-14-16-17-18-20-22-24-26-28-34(38)35-32(31-42-43(39,40)41-30-29-36(3,4)5)33(37)27-25-23-21-19-15-13-11-9-7-2/h14-16,19,25,27,32-33,37H,6-13,17-18,20-24,26,28-31H2,1-5H3,(H-,35,38,39,40)/b16-14-,19-15+,27-25+. The minimum atomic E-state index is -4.58. The molecule has 3 unspecified atom stereocenters. The molecule has 0 bridgehead atoms. The lowest BCUT2D eigenvalue weighted by Gasteiger charge is -2.29. The fraction of sp³-hybridized carbons (Fsp3) is 0.794. The number of nitrogens with one attached hydrogen (secondary N) is 1. The maximum Gasteiger partial charge on any atom is 0.268 e. The molecule has 0 aromatic carbocycles. The van der Waals surface area contributed by atoms with Crippen molar-refractivity contribution in [3.8, 4) is 0 Å². The number of hydrogen-bond donors (Lipinski definition) is 2. The van der Waals surface area contributed by atoms with E-state index in [1.54, 1.807) is 6.08 Å². The number of carbonyl (C=O) groups excluding carboxylic acids is 1. The first kappa shape index (κ1) is 41.7. The average molecular weight is 629 g/mol. The fourth-order valence-corrected chi connectivity index (χ4v) is 5.00. The van der Waals surface area contributed by atoms with Gasteiger partial charge in [0, 0.05) is 6.42 Å². The Balaban J connectivity index is 4.67. The molecule has 9 heteroatoms. The molecular weight excluding hydrogens is 563 g/mol. The maximum absolute atomic E-state index is 12.7. The van der Waals surface area contributed by atoms with Crippen molar-refractivity contribution >= 4 is 13.7 Å². The van der Waals surface area contributed by atoms with Crippen LogP contribution in [-0.4, -0.2) is 68.5 Å². The third-order valence-corrected chi connectivity index (χ3v) is 8.04. The van der Waals surface area contributed by atoms with Gasteiger partial charge in [0.05, 0.1) is 39.9 Å². The van der Waals surface area contributed by atoms with E-state index in [0.29, 0.717) is 17.4 Å². The number of rotatable bonds is 29. The quantitative estimate of drug-likeness (QED) is 0.0387. The number of phosphoric ester groups is 1. The molecule has 0 aliphatic carbocycles. The summed E-state index contributed by atoms with van der Waals surface area (Å²) < 4.78 is 22.9. The van der Waals surface area contributed by atoms with Gasteiger partial charge in [0.1, 0.15) is 13.2 Å². The summed E-state index contributed by atoms with van der Waals surface area (Å²) in [6.07, 6.45) is 29.1.